The smallest absolute Gasteiger partial charge is 0.00204 e. The number of aryl methyl sites for hydroxylation is 1. The standard InChI is InChI=1S/C31H22/c1-4-21-14-15-22-16-18-28(27-17-13-19(2)29(21)30(22)27)31-25-11-7-5-9-23(25)20(3)24-10-6-8-12-26(24)31/h4-18H,1-2H2,3H3. The Morgan fingerprint density at radius 2 is 1.23 bits per heavy atom. The Balaban J connectivity index is 1.89. The van der Waals surface area contributed by atoms with Crippen molar-refractivity contribution in [3.8, 4) is 11.1 Å². The van der Waals surface area contributed by atoms with Crippen LogP contribution in [0.15, 0.2) is 91.5 Å². The van der Waals surface area contributed by atoms with Gasteiger partial charge < -0.3 is 0 Å². The average molecular weight is 395 g/mol. The van der Waals surface area contributed by atoms with Crippen LogP contribution in [0.2, 0.25) is 0 Å². The molecule has 0 heterocycles. The number of rotatable bonds is 2. The fraction of sp³-hybridized carbons (Fsp3) is 0.0323. The zero-order chi connectivity index (χ0) is 21.1. The van der Waals surface area contributed by atoms with Crippen LogP contribution in [-0.2, 0) is 0 Å². The van der Waals surface area contributed by atoms with Crippen LogP contribution >= 0.6 is 0 Å². The molecule has 0 fully saturated rings. The fourth-order valence-corrected chi connectivity index (χ4v) is 5.27. The fourth-order valence-electron chi connectivity index (χ4n) is 5.27. The molecule has 6 aromatic carbocycles. The van der Waals surface area contributed by atoms with E-state index in [-0.39, 0.29) is 0 Å². The molecule has 0 spiro atoms. The molecule has 0 saturated carbocycles. The van der Waals surface area contributed by atoms with E-state index in [1.54, 1.807) is 0 Å². The van der Waals surface area contributed by atoms with E-state index in [4.69, 9.17) is 0 Å². The van der Waals surface area contributed by atoms with Crippen LogP contribution in [0.3, 0.4) is 0 Å². The van der Waals surface area contributed by atoms with E-state index in [9.17, 15) is 0 Å². The zero-order valence-corrected chi connectivity index (χ0v) is 17.6. The van der Waals surface area contributed by atoms with Crippen molar-refractivity contribution in [3.63, 3.8) is 0 Å². The Morgan fingerprint density at radius 3 is 1.87 bits per heavy atom. The van der Waals surface area contributed by atoms with Crippen LogP contribution in [0.1, 0.15) is 11.1 Å². The summed E-state index contributed by atoms with van der Waals surface area (Å²) in [7, 11) is 0. The van der Waals surface area contributed by atoms with Crippen molar-refractivity contribution < 1.29 is 0 Å². The van der Waals surface area contributed by atoms with Crippen molar-refractivity contribution >= 4 is 55.7 Å². The van der Waals surface area contributed by atoms with E-state index in [0.717, 1.165) is 10.8 Å². The Morgan fingerprint density at radius 1 is 0.613 bits per heavy atom. The maximum atomic E-state index is 4.33. The Bertz CT molecular complexity index is 1660. The molecule has 0 heteroatoms. The van der Waals surface area contributed by atoms with Crippen molar-refractivity contribution in [3.05, 3.63) is 108 Å². The molecule has 0 aliphatic carbocycles. The predicted octanol–water partition coefficient (Wildman–Crippen LogP) is 8.05. The Labute approximate surface area is 181 Å². The zero-order valence-electron chi connectivity index (χ0n) is 17.6. The molecule has 0 aromatic heterocycles. The lowest BCUT2D eigenvalue weighted by molar-refractivity contribution is 1.58. The molecule has 0 aliphatic heterocycles. The van der Waals surface area contributed by atoms with Crippen molar-refractivity contribution in [1.82, 2.24) is 0 Å². The molecule has 0 radical (unpaired) electrons. The first kappa shape index (κ1) is 17.9. The summed E-state index contributed by atoms with van der Waals surface area (Å²) in [5, 5.41) is 11.3. The summed E-state index contributed by atoms with van der Waals surface area (Å²) in [6.45, 7) is 10.6. The Kier molecular flexibility index (Phi) is 3.79. The molecular formula is C31H22. The predicted molar refractivity (Wildman–Crippen MR) is 137 cm³/mol. The van der Waals surface area contributed by atoms with Crippen LogP contribution in [0, 0.1) is 6.92 Å². The van der Waals surface area contributed by atoms with Gasteiger partial charge in [0.1, 0.15) is 0 Å². The minimum atomic E-state index is 1.05. The SMILES string of the molecule is C=Cc1ccc2ccc(-c3c4ccccc4c(C)c4ccccc34)c3ccc(=C)c1c23. The van der Waals surface area contributed by atoms with Gasteiger partial charge in [-0.25, -0.2) is 0 Å². The summed E-state index contributed by atoms with van der Waals surface area (Å²) in [5.74, 6) is 0. The van der Waals surface area contributed by atoms with Crippen LogP contribution in [-0.4, -0.2) is 0 Å². The van der Waals surface area contributed by atoms with E-state index >= 15 is 0 Å². The summed E-state index contributed by atoms with van der Waals surface area (Å²) in [6, 6.07) is 30.8. The highest BCUT2D eigenvalue weighted by Crippen LogP contribution is 2.43. The molecule has 0 atom stereocenters. The topological polar surface area (TPSA) is 0 Å². The highest BCUT2D eigenvalue weighted by Gasteiger charge is 2.16. The van der Waals surface area contributed by atoms with Gasteiger partial charge in [0, 0.05) is 0 Å². The lowest BCUT2D eigenvalue weighted by Gasteiger charge is -2.18. The van der Waals surface area contributed by atoms with Gasteiger partial charge in [-0.05, 0) is 77.5 Å². The van der Waals surface area contributed by atoms with Crippen molar-refractivity contribution in [1.29, 1.82) is 0 Å². The lowest BCUT2D eigenvalue weighted by atomic mass is 9.85. The van der Waals surface area contributed by atoms with Crippen molar-refractivity contribution in [2.45, 2.75) is 6.92 Å². The van der Waals surface area contributed by atoms with Gasteiger partial charge in [0.25, 0.3) is 0 Å². The van der Waals surface area contributed by atoms with Gasteiger partial charge >= 0.3 is 0 Å². The quantitative estimate of drug-likeness (QED) is 0.261. The highest BCUT2D eigenvalue weighted by atomic mass is 14.2. The molecule has 31 heavy (non-hydrogen) atoms. The molecular weight excluding hydrogens is 372 g/mol. The lowest BCUT2D eigenvalue weighted by Crippen LogP contribution is -2.02. The first-order chi connectivity index (χ1) is 15.2. The van der Waals surface area contributed by atoms with E-state index in [1.165, 1.54) is 59.8 Å². The molecule has 0 saturated heterocycles. The third-order valence-electron chi connectivity index (χ3n) is 6.72. The van der Waals surface area contributed by atoms with Gasteiger partial charge in [0.05, 0.1) is 0 Å². The molecule has 0 unspecified atom stereocenters. The summed E-state index contributed by atoms with van der Waals surface area (Å²) in [6.07, 6.45) is 1.94. The number of hydrogen-bond acceptors (Lipinski definition) is 0. The number of hydrogen-bond donors (Lipinski definition) is 0. The van der Waals surface area contributed by atoms with Crippen LogP contribution < -0.4 is 5.22 Å². The van der Waals surface area contributed by atoms with Crippen molar-refractivity contribution in [2.75, 3.05) is 0 Å². The molecule has 0 aliphatic rings. The normalized spacial score (nSPS) is 11.6. The average Bonchev–Trinajstić information content (AvgIpc) is 2.82. The van der Waals surface area contributed by atoms with E-state index in [2.05, 4.69) is 105 Å². The molecule has 0 nitrogen and oxygen atoms in total. The van der Waals surface area contributed by atoms with Crippen LogP contribution in [0.25, 0.3) is 66.9 Å². The van der Waals surface area contributed by atoms with Gasteiger partial charge in [0.2, 0.25) is 0 Å². The minimum absolute atomic E-state index is 1.05. The summed E-state index contributed by atoms with van der Waals surface area (Å²) >= 11 is 0. The van der Waals surface area contributed by atoms with Gasteiger partial charge in [-0.15, -0.1) is 0 Å². The molecule has 0 bridgehead atoms. The van der Waals surface area contributed by atoms with Crippen LogP contribution in [0.5, 0.6) is 0 Å². The maximum absolute atomic E-state index is 4.33. The number of benzene rings is 6. The van der Waals surface area contributed by atoms with E-state index in [1.807, 2.05) is 6.08 Å². The Hall–Kier alpha value is -3.90. The maximum Gasteiger partial charge on any atom is -0.00204 e. The molecule has 0 amide bonds. The molecule has 6 aromatic rings. The highest BCUT2D eigenvalue weighted by molar-refractivity contribution is 6.23. The van der Waals surface area contributed by atoms with E-state index in [0.29, 0.717) is 0 Å². The number of fused-ring (bicyclic) bond motifs is 2. The largest absolute Gasteiger partial charge is 0.0984 e. The van der Waals surface area contributed by atoms with Crippen molar-refractivity contribution in [2.24, 2.45) is 0 Å². The van der Waals surface area contributed by atoms with Gasteiger partial charge in [-0.2, -0.15) is 0 Å². The van der Waals surface area contributed by atoms with E-state index < -0.39 is 0 Å². The first-order valence-electron chi connectivity index (χ1n) is 10.7. The molecule has 146 valence electrons. The second-order valence-corrected chi connectivity index (χ2v) is 8.31. The minimum Gasteiger partial charge on any atom is -0.0984 e. The molecule has 0 N–H and O–H groups in total. The third kappa shape index (κ3) is 2.42. The van der Waals surface area contributed by atoms with Gasteiger partial charge in [-0.1, -0.05) is 104 Å². The summed E-state index contributed by atoms with van der Waals surface area (Å²) in [5.41, 5.74) is 5.05. The summed E-state index contributed by atoms with van der Waals surface area (Å²) in [4.78, 5) is 0. The second kappa shape index (κ2) is 6.55. The summed E-state index contributed by atoms with van der Waals surface area (Å²) < 4.78 is 0. The van der Waals surface area contributed by atoms with Gasteiger partial charge in [0.15, 0.2) is 0 Å². The second-order valence-electron chi connectivity index (χ2n) is 8.31. The first-order valence-corrected chi connectivity index (χ1v) is 10.7. The van der Waals surface area contributed by atoms with Gasteiger partial charge in [-0.3, -0.25) is 0 Å². The molecule has 6 rings (SSSR count). The monoisotopic (exact) mass is 394 g/mol. The van der Waals surface area contributed by atoms with Crippen LogP contribution in [0.4, 0.5) is 0 Å². The third-order valence-corrected chi connectivity index (χ3v) is 6.72.